The Morgan fingerprint density at radius 2 is 2.07 bits per heavy atom. The summed E-state index contributed by atoms with van der Waals surface area (Å²) < 4.78 is 25.8. The van der Waals surface area contributed by atoms with Crippen molar-refractivity contribution in [3.63, 3.8) is 0 Å². The van der Waals surface area contributed by atoms with Crippen LogP contribution in [0, 0.1) is 5.92 Å². The number of alkyl halides is 2. The van der Waals surface area contributed by atoms with E-state index < -0.39 is 5.92 Å². The molecule has 1 rings (SSSR count). The van der Waals surface area contributed by atoms with Gasteiger partial charge in [0.2, 0.25) is 0 Å². The van der Waals surface area contributed by atoms with Gasteiger partial charge in [0.15, 0.2) is 0 Å². The molecular weight excluding hydrogens is 184 g/mol. The Balaban J connectivity index is 2.90. The zero-order chi connectivity index (χ0) is 10.8. The Hall–Kier alpha value is -0.990. The number of rotatable bonds is 3. The molecule has 0 aliphatic heterocycles. The summed E-state index contributed by atoms with van der Waals surface area (Å²) in [6, 6.07) is 3.23. The molecule has 0 saturated carbocycles. The molecule has 0 aliphatic carbocycles. The van der Waals surface area contributed by atoms with Gasteiger partial charge in [0.25, 0.3) is 5.92 Å². The molecule has 0 atom stereocenters. The van der Waals surface area contributed by atoms with E-state index in [4.69, 9.17) is 0 Å². The standard InChI is InChI=1S/C11H14F2N/c1-8(2)6-9-4-5-14-10(7-9)11(3,12)13/h4-5,7H,6H2,1-3H3. The molecule has 1 radical (unpaired) electrons. The second kappa shape index (κ2) is 4.03. The van der Waals surface area contributed by atoms with Crippen molar-refractivity contribution in [2.75, 3.05) is 0 Å². The maximum Gasteiger partial charge on any atom is 0.286 e. The predicted molar refractivity (Wildman–Crippen MR) is 52.1 cm³/mol. The molecule has 3 heteroatoms. The van der Waals surface area contributed by atoms with Crippen molar-refractivity contribution < 1.29 is 8.78 Å². The van der Waals surface area contributed by atoms with Gasteiger partial charge in [-0.2, -0.15) is 8.78 Å². The highest BCUT2D eigenvalue weighted by atomic mass is 19.3. The summed E-state index contributed by atoms with van der Waals surface area (Å²) in [6.07, 6.45) is 2.16. The third-order valence-electron chi connectivity index (χ3n) is 1.83. The fraction of sp³-hybridized carbons (Fsp3) is 0.455. The number of aromatic nitrogens is 1. The first kappa shape index (κ1) is 11.1. The highest BCUT2D eigenvalue weighted by molar-refractivity contribution is 5.21. The molecule has 1 aromatic heterocycles. The van der Waals surface area contributed by atoms with Crippen molar-refractivity contribution in [1.29, 1.82) is 0 Å². The number of hydrogen-bond donors (Lipinski definition) is 0. The first-order valence-electron chi connectivity index (χ1n) is 4.52. The fourth-order valence-electron chi connectivity index (χ4n) is 1.23. The molecule has 77 valence electrons. The quantitative estimate of drug-likeness (QED) is 0.725. The lowest BCUT2D eigenvalue weighted by molar-refractivity contribution is 0.0127. The van der Waals surface area contributed by atoms with E-state index in [1.165, 1.54) is 18.2 Å². The minimum absolute atomic E-state index is 0.156. The average Bonchev–Trinajstić information content (AvgIpc) is 2.01. The number of hydrogen-bond acceptors (Lipinski definition) is 1. The van der Waals surface area contributed by atoms with E-state index >= 15 is 0 Å². The second-order valence-corrected chi connectivity index (χ2v) is 3.82. The van der Waals surface area contributed by atoms with E-state index in [0.29, 0.717) is 0 Å². The van der Waals surface area contributed by atoms with Gasteiger partial charge in [0.05, 0.1) is 0 Å². The lowest BCUT2D eigenvalue weighted by atomic mass is 10.0. The fourth-order valence-corrected chi connectivity index (χ4v) is 1.23. The largest absolute Gasteiger partial charge is 0.286 e. The van der Waals surface area contributed by atoms with Crippen molar-refractivity contribution >= 4 is 0 Å². The number of halogens is 2. The van der Waals surface area contributed by atoms with Crippen molar-refractivity contribution in [1.82, 2.24) is 4.98 Å². The van der Waals surface area contributed by atoms with Crippen LogP contribution in [0.1, 0.15) is 32.0 Å². The third-order valence-corrected chi connectivity index (χ3v) is 1.83. The molecule has 1 nitrogen and oxygen atoms in total. The second-order valence-electron chi connectivity index (χ2n) is 3.82. The molecule has 0 unspecified atom stereocenters. The highest BCUT2D eigenvalue weighted by Gasteiger charge is 2.25. The Morgan fingerprint density at radius 1 is 1.43 bits per heavy atom. The lowest BCUT2D eigenvalue weighted by Crippen LogP contribution is -2.10. The van der Waals surface area contributed by atoms with Crippen LogP contribution in [0.15, 0.2) is 18.3 Å². The third kappa shape index (κ3) is 3.05. The monoisotopic (exact) mass is 198 g/mol. The molecule has 0 fully saturated rings. The van der Waals surface area contributed by atoms with E-state index in [1.807, 2.05) is 13.8 Å². The molecule has 0 amide bonds. The molecule has 14 heavy (non-hydrogen) atoms. The zero-order valence-corrected chi connectivity index (χ0v) is 8.64. The summed E-state index contributed by atoms with van der Waals surface area (Å²) in [6.45, 7) is 4.82. The van der Waals surface area contributed by atoms with Crippen LogP contribution in [-0.4, -0.2) is 4.98 Å². The van der Waals surface area contributed by atoms with Gasteiger partial charge in [0.1, 0.15) is 5.69 Å². The Kier molecular flexibility index (Phi) is 3.19. The van der Waals surface area contributed by atoms with Gasteiger partial charge in [-0.25, -0.2) is 0 Å². The van der Waals surface area contributed by atoms with E-state index in [2.05, 4.69) is 4.98 Å². The van der Waals surface area contributed by atoms with Crippen molar-refractivity contribution in [3.05, 3.63) is 35.5 Å². The summed E-state index contributed by atoms with van der Waals surface area (Å²) in [5, 5.41) is 0. The van der Waals surface area contributed by atoms with Gasteiger partial charge in [-0.15, -0.1) is 0 Å². The smallest absolute Gasteiger partial charge is 0.255 e. The molecule has 0 aliphatic rings. The Labute approximate surface area is 83.2 Å². The molecule has 0 saturated heterocycles. The van der Waals surface area contributed by atoms with Gasteiger partial charge in [-0.1, -0.05) is 13.8 Å². The van der Waals surface area contributed by atoms with Gasteiger partial charge < -0.3 is 0 Å². The maximum absolute atomic E-state index is 12.9. The van der Waals surface area contributed by atoms with Gasteiger partial charge in [0, 0.05) is 13.1 Å². The summed E-state index contributed by atoms with van der Waals surface area (Å²) in [7, 11) is 0. The van der Waals surface area contributed by atoms with Crippen LogP contribution in [0.4, 0.5) is 8.78 Å². The zero-order valence-electron chi connectivity index (χ0n) is 8.64. The first-order valence-corrected chi connectivity index (χ1v) is 4.52. The number of pyridine rings is 1. The summed E-state index contributed by atoms with van der Waals surface area (Å²) >= 11 is 0. The van der Waals surface area contributed by atoms with Crippen LogP contribution in [0.2, 0.25) is 0 Å². The normalized spacial score (nSPS) is 12.1. The lowest BCUT2D eigenvalue weighted by Gasteiger charge is -2.11. The van der Waals surface area contributed by atoms with E-state index in [9.17, 15) is 8.78 Å². The van der Waals surface area contributed by atoms with E-state index in [1.54, 1.807) is 6.07 Å². The van der Waals surface area contributed by atoms with Crippen molar-refractivity contribution in [2.24, 2.45) is 0 Å². The van der Waals surface area contributed by atoms with Crippen LogP contribution in [0.3, 0.4) is 0 Å². The first-order chi connectivity index (χ1) is 6.39. The minimum Gasteiger partial charge on any atom is -0.255 e. The molecule has 0 N–H and O–H groups in total. The summed E-state index contributed by atoms with van der Waals surface area (Å²) in [4.78, 5) is 3.66. The van der Waals surface area contributed by atoms with Crippen LogP contribution < -0.4 is 0 Å². The SMILES string of the molecule is C[C](C)Cc1ccnc(C(C)(F)F)c1. The van der Waals surface area contributed by atoms with Crippen LogP contribution >= 0.6 is 0 Å². The summed E-state index contributed by atoms with van der Waals surface area (Å²) in [5.74, 6) is -1.65. The van der Waals surface area contributed by atoms with Crippen molar-refractivity contribution in [3.8, 4) is 0 Å². The van der Waals surface area contributed by atoms with E-state index in [-0.39, 0.29) is 5.69 Å². The topological polar surface area (TPSA) is 12.9 Å². The van der Waals surface area contributed by atoms with Gasteiger partial charge in [-0.05, 0) is 30.0 Å². The highest BCUT2D eigenvalue weighted by Crippen LogP contribution is 2.25. The molecule has 1 heterocycles. The Morgan fingerprint density at radius 3 is 2.57 bits per heavy atom. The molecular formula is C11H14F2N. The maximum atomic E-state index is 12.9. The molecule has 0 bridgehead atoms. The Bertz CT molecular complexity index is 302. The van der Waals surface area contributed by atoms with Crippen LogP contribution in [0.25, 0.3) is 0 Å². The molecule has 1 aromatic rings. The van der Waals surface area contributed by atoms with E-state index in [0.717, 1.165) is 18.9 Å². The number of nitrogens with zero attached hydrogens (tertiary/aromatic N) is 1. The van der Waals surface area contributed by atoms with Gasteiger partial charge >= 0.3 is 0 Å². The van der Waals surface area contributed by atoms with Gasteiger partial charge in [-0.3, -0.25) is 4.98 Å². The van der Waals surface area contributed by atoms with Crippen molar-refractivity contribution in [2.45, 2.75) is 33.1 Å². The molecule has 0 spiro atoms. The minimum atomic E-state index is -2.85. The average molecular weight is 198 g/mol. The van der Waals surface area contributed by atoms with Crippen LogP contribution in [0.5, 0.6) is 0 Å². The van der Waals surface area contributed by atoms with Crippen LogP contribution in [-0.2, 0) is 12.3 Å². The summed E-state index contributed by atoms with van der Waals surface area (Å²) in [5.41, 5.74) is 0.729. The predicted octanol–water partition coefficient (Wildman–Crippen LogP) is 3.35. The molecule has 0 aromatic carbocycles.